The Morgan fingerprint density at radius 3 is 2.19 bits per heavy atom. The van der Waals surface area contributed by atoms with Crippen LogP contribution in [0, 0.1) is 13.8 Å². The Bertz CT molecular complexity index is 890. The number of hydrogen-bond donors (Lipinski definition) is 2. The predicted octanol–water partition coefficient (Wildman–Crippen LogP) is 3.82. The van der Waals surface area contributed by atoms with E-state index < -0.39 is 10.0 Å². The third-order valence-corrected chi connectivity index (χ3v) is 6.79. The Morgan fingerprint density at radius 1 is 1.00 bits per heavy atom. The van der Waals surface area contributed by atoms with Crippen LogP contribution in [0.25, 0.3) is 0 Å². The molecule has 0 spiro atoms. The van der Waals surface area contributed by atoms with Crippen LogP contribution in [0.1, 0.15) is 30.5 Å². The van der Waals surface area contributed by atoms with E-state index in [1.54, 1.807) is 12.1 Å². The highest BCUT2D eigenvalue weighted by Crippen LogP contribution is 2.17. The molecule has 0 heterocycles. The molecule has 0 fully saturated rings. The van der Waals surface area contributed by atoms with E-state index in [0.717, 1.165) is 11.3 Å². The third kappa shape index (κ3) is 5.51. The second-order valence-corrected chi connectivity index (χ2v) is 8.69. The van der Waals surface area contributed by atoms with Crippen LogP contribution in [0.3, 0.4) is 0 Å². The fraction of sp³-hybridized carbons (Fsp3) is 0.350. The van der Waals surface area contributed by atoms with Gasteiger partial charge in [-0.3, -0.25) is 0 Å². The van der Waals surface area contributed by atoms with E-state index in [1.807, 2.05) is 32.0 Å². The largest absolute Gasteiger partial charge is 0.358 e. The van der Waals surface area contributed by atoms with E-state index in [4.69, 9.17) is 12.2 Å². The lowest BCUT2D eigenvalue weighted by Gasteiger charge is -2.18. The summed E-state index contributed by atoms with van der Waals surface area (Å²) >= 11 is 5.34. The Labute approximate surface area is 167 Å². The number of anilines is 1. The highest BCUT2D eigenvalue weighted by molar-refractivity contribution is 7.89. The van der Waals surface area contributed by atoms with Gasteiger partial charge >= 0.3 is 0 Å². The molecule has 0 atom stereocenters. The summed E-state index contributed by atoms with van der Waals surface area (Å²) in [6, 6.07) is 13.0. The second kappa shape index (κ2) is 9.30. The van der Waals surface area contributed by atoms with Gasteiger partial charge in [0.1, 0.15) is 0 Å². The first-order valence-electron chi connectivity index (χ1n) is 8.99. The molecule has 0 bridgehead atoms. The predicted molar refractivity (Wildman–Crippen MR) is 116 cm³/mol. The van der Waals surface area contributed by atoms with Crippen molar-refractivity contribution in [2.45, 2.75) is 39.1 Å². The molecule has 0 amide bonds. The molecule has 2 N–H and O–H groups in total. The van der Waals surface area contributed by atoms with Crippen molar-refractivity contribution in [3.63, 3.8) is 0 Å². The van der Waals surface area contributed by atoms with Crippen LogP contribution in [0.4, 0.5) is 5.69 Å². The van der Waals surface area contributed by atoms with Gasteiger partial charge in [-0.25, -0.2) is 8.42 Å². The molecule has 7 heteroatoms. The Kier molecular flexibility index (Phi) is 7.35. The summed E-state index contributed by atoms with van der Waals surface area (Å²) < 4.78 is 26.5. The Balaban J connectivity index is 1.96. The molecule has 0 radical (unpaired) electrons. The fourth-order valence-corrected chi connectivity index (χ4v) is 4.32. The zero-order valence-corrected chi connectivity index (χ0v) is 17.9. The number of nitrogens with one attached hydrogen (secondary N) is 2. The number of hydrogen-bond acceptors (Lipinski definition) is 3. The highest BCUT2D eigenvalue weighted by atomic mass is 32.2. The van der Waals surface area contributed by atoms with E-state index in [9.17, 15) is 8.42 Å². The SMILES string of the molecule is CCN(CC)S(=O)(=O)c1ccc(CNC(=S)Nc2ccc(C)c(C)c2)cc1. The van der Waals surface area contributed by atoms with E-state index >= 15 is 0 Å². The third-order valence-electron chi connectivity index (χ3n) is 4.48. The van der Waals surface area contributed by atoms with Crippen LogP contribution in [0.5, 0.6) is 0 Å². The molecule has 0 saturated carbocycles. The van der Waals surface area contributed by atoms with Crippen molar-refractivity contribution < 1.29 is 8.42 Å². The lowest BCUT2D eigenvalue weighted by Crippen LogP contribution is -2.30. The zero-order chi connectivity index (χ0) is 20.0. The van der Waals surface area contributed by atoms with Gasteiger partial charge in [0.15, 0.2) is 5.11 Å². The van der Waals surface area contributed by atoms with Crippen LogP contribution in [-0.2, 0) is 16.6 Å². The maximum Gasteiger partial charge on any atom is 0.243 e. The van der Waals surface area contributed by atoms with Crippen molar-refractivity contribution in [1.82, 2.24) is 9.62 Å². The average Bonchev–Trinajstić information content (AvgIpc) is 2.64. The van der Waals surface area contributed by atoms with Crippen LogP contribution < -0.4 is 10.6 Å². The van der Waals surface area contributed by atoms with E-state index in [2.05, 4.69) is 36.6 Å². The molecule has 5 nitrogen and oxygen atoms in total. The van der Waals surface area contributed by atoms with Gasteiger partial charge in [-0.15, -0.1) is 0 Å². The zero-order valence-electron chi connectivity index (χ0n) is 16.2. The Hall–Kier alpha value is -1.96. The standard InChI is InChI=1S/C20H27N3O2S2/c1-5-23(6-2)27(24,25)19-11-8-17(9-12-19)14-21-20(26)22-18-10-7-15(3)16(4)13-18/h7-13H,5-6,14H2,1-4H3,(H2,21,22,26). The summed E-state index contributed by atoms with van der Waals surface area (Å²) in [6.45, 7) is 9.24. The van der Waals surface area contributed by atoms with Crippen LogP contribution >= 0.6 is 12.2 Å². The summed E-state index contributed by atoms with van der Waals surface area (Å²) in [7, 11) is -3.42. The molecular weight excluding hydrogens is 378 g/mol. The minimum absolute atomic E-state index is 0.311. The number of rotatable bonds is 7. The molecule has 0 aliphatic rings. The van der Waals surface area contributed by atoms with Crippen LogP contribution in [0.2, 0.25) is 0 Å². The number of benzene rings is 2. The van der Waals surface area contributed by atoms with Gasteiger partial charge in [-0.05, 0) is 67.0 Å². The first-order chi connectivity index (χ1) is 12.8. The smallest absolute Gasteiger partial charge is 0.243 e. The van der Waals surface area contributed by atoms with Gasteiger partial charge in [0.25, 0.3) is 0 Å². The summed E-state index contributed by atoms with van der Waals surface area (Å²) in [4.78, 5) is 0.311. The van der Waals surface area contributed by atoms with E-state index in [1.165, 1.54) is 15.4 Å². The van der Waals surface area contributed by atoms with E-state index in [-0.39, 0.29) is 0 Å². The van der Waals surface area contributed by atoms with Gasteiger partial charge in [0, 0.05) is 25.3 Å². The molecule has 27 heavy (non-hydrogen) atoms. The first-order valence-corrected chi connectivity index (χ1v) is 10.8. The number of sulfonamides is 1. The monoisotopic (exact) mass is 405 g/mol. The van der Waals surface area contributed by atoms with Gasteiger partial charge < -0.3 is 10.6 Å². The molecule has 0 saturated heterocycles. The minimum Gasteiger partial charge on any atom is -0.358 e. The average molecular weight is 406 g/mol. The molecule has 0 unspecified atom stereocenters. The summed E-state index contributed by atoms with van der Waals surface area (Å²) in [6.07, 6.45) is 0. The summed E-state index contributed by atoms with van der Waals surface area (Å²) in [5.74, 6) is 0. The van der Waals surface area contributed by atoms with Crippen LogP contribution in [0.15, 0.2) is 47.4 Å². The normalized spacial score (nSPS) is 11.4. The topological polar surface area (TPSA) is 61.4 Å². The van der Waals surface area contributed by atoms with Crippen molar-refractivity contribution >= 4 is 33.0 Å². The lowest BCUT2D eigenvalue weighted by atomic mass is 10.1. The van der Waals surface area contributed by atoms with Gasteiger partial charge in [-0.1, -0.05) is 32.0 Å². The lowest BCUT2D eigenvalue weighted by molar-refractivity contribution is 0.445. The molecule has 0 aliphatic heterocycles. The van der Waals surface area contributed by atoms with Crippen LogP contribution in [-0.4, -0.2) is 30.9 Å². The maximum absolute atomic E-state index is 12.5. The minimum atomic E-state index is -3.42. The maximum atomic E-state index is 12.5. The molecule has 2 rings (SSSR count). The number of aryl methyl sites for hydroxylation is 2. The molecule has 0 aromatic heterocycles. The second-order valence-electron chi connectivity index (χ2n) is 6.34. The first kappa shape index (κ1) is 21.3. The molecule has 0 aliphatic carbocycles. The van der Waals surface area contributed by atoms with Crippen molar-refractivity contribution in [1.29, 1.82) is 0 Å². The van der Waals surface area contributed by atoms with Gasteiger partial charge in [0.05, 0.1) is 4.90 Å². The molecular formula is C20H27N3O2S2. The van der Waals surface area contributed by atoms with Gasteiger partial charge in [0.2, 0.25) is 10.0 Å². The number of nitrogens with zero attached hydrogens (tertiary/aromatic N) is 1. The van der Waals surface area contributed by atoms with Gasteiger partial charge in [-0.2, -0.15) is 4.31 Å². The Morgan fingerprint density at radius 2 is 1.63 bits per heavy atom. The van der Waals surface area contributed by atoms with Crippen molar-refractivity contribution in [2.75, 3.05) is 18.4 Å². The highest BCUT2D eigenvalue weighted by Gasteiger charge is 2.21. The molecule has 2 aromatic carbocycles. The number of thiocarbonyl (C=S) groups is 1. The molecule has 146 valence electrons. The van der Waals surface area contributed by atoms with Crippen molar-refractivity contribution in [3.8, 4) is 0 Å². The summed E-state index contributed by atoms with van der Waals surface area (Å²) in [5, 5.41) is 6.84. The molecule has 2 aromatic rings. The summed E-state index contributed by atoms with van der Waals surface area (Å²) in [5.41, 5.74) is 4.33. The van der Waals surface area contributed by atoms with Crippen molar-refractivity contribution in [3.05, 3.63) is 59.2 Å². The van der Waals surface area contributed by atoms with E-state index in [0.29, 0.717) is 29.6 Å². The van der Waals surface area contributed by atoms with Crippen molar-refractivity contribution in [2.24, 2.45) is 0 Å². The quantitative estimate of drug-likeness (QED) is 0.686. The fourth-order valence-electron chi connectivity index (χ4n) is 2.67.